The van der Waals surface area contributed by atoms with E-state index in [1.54, 1.807) is 0 Å². The first kappa shape index (κ1) is 18.0. The fourth-order valence-electron chi connectivity index (χ4n) is 4.15. The van der Waals surface area contributed by atoms with Gasteiger partial charge in [-0.1, -0.05) is 55.8 Å². The minimum absolute atomic E-state index is 0.0929. The van der Waals surface area contributed by atoms with Crippen LogP contribution in [0, 0.1) is 11.8 Å². The zero-order valence-corrected chi connectivity index (χ0v) is 16.4. The third-order valence-electron chi connectivity index (χ3n) is 5.22. The molecule has 2 unspecified atom stereocenters. The molecule has 0 radical (unpaired) electrons. The van der Waals surface area contributed by atoms with E-state index >= 15 is 0 Å². The molecule has 0 spiro atoms. The highest BCUT2D eigenvalue weighted by molar-refractivity contribution is 6.30. The van der Waals surface area contributed by atoms with E-state index in [0.717, 1.165) is 40.8 Å². The molecule has 1 fully saturated rings. The van der Waals surface area contributed by atoms with Gasteiger partial charge in [0.1, 0.15) is 0 Å². The molecule has 1 saturated heterocycles. The van der Waals surface area contributed by atoms with E-state index in [-0.39, 0.29) is 5.91 Å². The Labute approximate surface area is 165 Å². The van der Waals surface area contributed by atoms with Crippen molar-refractivity contribution >= 4 is 28.4 Å². The van der Waals surface area contributed by atoms with E-state index in [0.29, 0.717) is 16.9 Å². The number of piperidine rings is 1. The Balaban J connectivity index is 1.82. The molecule has 138 valence electrons. The van der Waals surface area contributed by atoms with Crippen molar-refractivity contribution in [3.05, 3.63) is 65.2 Å². The van der Waals surface area contributed by atoms with Gasteiger partial charge in [0.25, 0.3) is 5.91 Å². The summed E-state index contributed by atoms with van der Waals surface area (Å²) in [4.78, 5) is 20.2. The van der Waals surface area contributed by atoms with Gasteiger partial charge in [-0.3, -0.25) is 4.79 Å². The molecule has 1 amide bonds. The highest BCUT2D eigenvalue weighted by Crippen LogP contribution is 2.29. The number of hydrogen-bond donors (Lipinski definition) is 0. The number of benzene rings is 2. The van der Waals surface area contributed by atoms with Gasteiger partial charge < -0.3 is 4.90 Å². The largest absolute Gasteiger partial charge is 0.338 e. The number of amides is 1. The predicted octanol–water partition coefficient (Wildman–Crippen LogP) is 5.67. The number of rotatable bonds is 2. The van der Waals surface area contributed by atoms with Crippen LogP contribution in [0.25, 0.3) is 22.2 Å². The lowest BCUT2D eigenvalue weighted by Crippen LogP contribution is -2.42. The second-order valence-electron chi connectivity index (χ2n) is 7.74. The summed E-state index contributed by atoms with van der Waals surface area (Å²) in [6.45, 7) is 6.06. The standard InChI is InChI=1S/C23H23ClN2O/c1-15-10-16(2)14-26(13-15)23(27)20-12-22(17-6-5-7-18(24)11-17)25-21-9-4-3-8-19(20)21/h3-9,11-12,15-16H,10,13-14H2,1-2H3. The first-order valence-electron chi connectivity index (χ1n) is 9.46. The molecule has 0 saturated carbocycles. The van der Waals surface area contributed by atoms with Crippen molar-refractivity contribution in [2.45, 2.75) is 20.3 Å². The number of para-hydroxylation sites is 1. The number of carbonyl (C=O) groups excluding carboxylic acids is 1. The van der Waals surface area contributed by atoms with Gasteiger partial charge in [-0.2, -0.15) is 0 Å². The number of hydrogen-bond acceptors (Lipinski definition) is 2. The molecule has 27 heavy (non-hydrogen) atoms. The van der Waals surface area contributed by atoms with Crippen LogP contribution in [0.5, 0.6) is 0 Å². The van der Waals surface area contributed by atoms with Crippen molar-refractivity contribution < 1.29 is 4.79 Å². The predicted molar refractivity (Wildman–Crippen MR) is 111 cm³/mol. The van der Waals surface area contributed by atoms with Crippen molar-refractivity contribution in [2.75, 3.05) is 13.1 Å². The van der Waals surface area contributed by atoms with Gasteiger partial charge in [0, 0.05) is 29.1 Å². The second kappa shape index (κ2) is 7.32. The van der Waals surface area contributed by atoms with Crippen LogP contribution in [-0.4, -0.2) is 28.9 Å². The summed E-state index contributed by atoms with van der Waals surface area (Å²) >= 11 is 6.17. The molecule has 3 nitrogen and oxygen atoms in total. The number of aromatic nitrogens is 1. The van der Waals surface area contributed by atoms with Crippen molar-refractivity contribution in [2.24, 2.45) is 11.8 Å². The third-order valence-corrected chi connectivity index (χ3v) is 5.46. The minimum Gasteiger partial charge on any atom is -0.338 e. The van der Waals surface area contributed by atoms with Crippen molar-refractivity contribution in [1.82, 2.24) is 9.88 Å². The Morgan fingerprint density at radius 3 is 2.52 bits per heavy atom. The maximum absolute atomic E-state index is 13.4. The smallest absolute Gasteiger partial charge is 0.254 e. The third kappa shape index (κ3) is 3.70. The Morgan fingerprint density at radius 1 is 1.04 bits per heavy atom. The Morgan fingerprint density at radius 2 is 1.78 bits per heavy atom. The summed E-state index contributed by atoms with van der Waals surface area (Å²) < 4.78 is 0. The summed E-state index contributed by atoms with van der Waals surface area (Å²) in [7, 11) is 0. The average Bonchev–Trinajstić information content (AvgIpc) is 2.66. The Hall–Kier alpha value is -2.39. The Kier molecular flexibility index (Phi) is 4.88. The molecule has 2 heterocycles. The van der Waals surface area contributed by atoms with Gasteiger partial charge in [-0.25, -0.2) is 4.98 Å². The van der Waals surface area contributed by atoms with Crippen molar-refractivity contribution in [3.63, 3.8) is 0 Å². The lowest BCUT2D eigenvalue weighted by atomic mass is 9.91. The molecule has 2 atom stereocenters. The number of pyridine rings is 1. The van der Waals surface area contributed by atoms with E-state index in [9.17, 15) is 4.79 Å². The number of halogens is 1. The van der Waals surface area contributed by atoms with Gasteiger partial charge >= 0.3 is 0 Å². The number of likely N-dealkylation sites (tertiary alicyclic amines) is 1. The summed E-state index contributed by atoms with van der Waals surface area (Å²) in [5.41, 5.74) is 3.24. The van der Waals surface area contributed by atoms with Crippen LogP contribution in [0.2, 0.25) is 5.02 Å². The average molecular weight is 379 g/mol. The molecule has 3 aromatic rings. The lowest BCUT2D eigenvalue weighted by molar-refractivity contribution is 0.0625. The number of carbonyl (C=O) groups is 1. The number of nitrogens with zero attached hydrogens (tertiary/aromatic N) is 2. The van der Waals surface area contributed by atoms with Gasteiger partial charge in [0.2, 0.25) is 0 Å². The van der Waals surface area contributed by atoms with Crippen LogP contribution in [0.3, 0.4) is 0 Å². The molecule has 0 aliphatic carbocycles. The normalized spacial score (nSPS) is 20.0. The molecule has 1 aliphatic heterocycles. The van der Waals surface area contributed by atoms with Crippen LogP contribution in [0.15, 0.2) is 54.6 Å². The van der Waals surface area contributed by atoms with E-state index in [4.69, 9.17) is 16.6 Å². The van der Waals surface area contributed by atoms with Crippen LogP contribution < -0.4 is 0 Å². The SMILES string of the molecule is CC1CC(C)CN(C(=O)c2cc(-c3cccc(Cl)c3)nc3ccccc23)C1. The highest BCUT2D eigenvalue weighted by Gasteiger charge is 2.27. The van der Waals surface area contributed by atoms with Gasteiger partial charge in [0.15, 0.2) is 0 Å². The van der Waals surface area contributed by atoms with Crippen LogP contribution in [0.4, 0.5) is 0 Å². The zero-order chi connectivity index (χ0) is 19.0. The first-order chi connectivity index (χ1) is 13.0. The molecule has 2 aromatic carbocycles. The second-order valence-corrected chi connectivity index (χ2v) is 8.18. The molecular weight excluding hydrogens is 356 g/mol. The summed E-state index contributed by atoms with van der Waals surface area (Å²) in [6.07, 6.45) is 1.18. The number of fused-ring (bicyclic) bond motifs is 1. The summed E-state index contributed by atoms with van der Waals surface area (Å²) in [5, 5.41) is 1.56. The fraction of sp³-hybridized carbons (Fsp3) is 0.304. The van der Waals surface area contributed by atoms with E-state index in [1.165, 1.54) is 6.42 Å². The molecule has 0 bridgehead atoms. The minimum atomic E-state index is 0.0929. The molecule has 4 rings (SSSR count). The Bertz CT molecular complexity index is 991. The van der Waals surface area contributed by atoms with E-state index < -0.39 is 0 Å². The maximum atomic E-state index is 13.4. The van der Waals surface area contributed by atoms with Crippen LogP contribution >= 0.6 is 11.6 Å². The molecule has 1 aliphatic rings. The van der Waals surface area contributed by atoms with E-state index in [2.05, 4.69) is 13.8 Å². The van der Waals surface area contributed by atoms with Gasteiger partial charge in [0.05, 0.1) is 16.8 Å². The van der Waals surface area contributed by atoms with Crippen LogP contribution in [-0.2, 0) is 0 Å². The monoisotopic (exact) mass is 378 g/mol. The molecular formula is C23H23ClN2O. The van der Waals surface area contributed by atoms with Crippen molar-refractivity contribution in [3.8, 4) is 11.3 Å². The maximum Gasteiger partial charge on any atom is 0.254 e. The molecule has 4 heteroatoms. The summed E-state index contributed by atoms with van der Waals surface area (Å²) in [6, 6.07) is 17.4. The quantitative estimate of drug-likeness (QED) is 0.575. The topological polar surface area (TPSA) is 33.2 Å². The van der Waals surface area contributed by atoms with Crippen molar-refractivity contribution in [1.29, 1.82) is 0 Å². The highest BCUT2D eigenvalue weighted by atomic mass is 35.5. The molecule has 1 aromatic heterocycles. The summed E-state index contributed by atoms with van der Waals surface area (Å²) in [5.74, 6) is 1.15. The van der Waals surface area contributed by atoms with Gasteiger partial charge in [-0.15, -0.1) is 0 Å². The zero-order valence-electron chi connectivity index (χ0n) is 15.7. The fourth-order valence-corrected chi connectivity index (χ4v) is 4.34. The first-order valence-corrected chi connectivity index (χ1v) is 9.84. The molecule has 0 N–H and O–H groups in total. The van der Waals surface area contributed by atoms with Crippen LogP contribution in [0.1, 0.15) is 30.6 Å². The van der Waals surface area contributed by atoms with Gasteiger partial charge in [-0.05, 0) is 42.5 Å². The van der Waals surface area contributed by atoms with E-state index in [1.807, 2.05) is 59.5 Å². The lowest BCUT2D eigenvalue weighted by Gasteiger charge is -2.35.